The molecule has 0 unspecified atom stereocenters. The second-order valence-electron chi connectivity index (χ2n) is 5.75. The molecular formula is C16H22N2O3. The van der Waals surface area contributed by atoms with Gasteiger partial charge in [0, 0.05) is 25.2 Å². The van der Waals surface area contributed by atoms with Crippen molar-refractivity contribution in [3.8, 4) is 0 Å². The van der Waals surface area contributed by atoms with E-state index in [1.54, 1.807) is 0 Å². The van der Waals surface area contributed by atoms with Crippen molar-refractivity contribution in [2.75, 3.05) is 39.5 Å². The van der Waals surface area contributed by atoms with E-state index in [1.807, 2.05) is 19.1 Å². The second kappa shape index (κ2) is 6.56. The van der Waals surface area contributed by atoms with Gasteiger partial charge in [-0.15, -0.1) is 0 Å². The fourth-order valence-corrected chi connectivity index (χ4v) is 2.61. The van der Waals surface area contributed by atoms with Crippen molar-refractivity contribution in [1.29, 1.82) is 0 Å². The highest BCUT2D eigenvalue weighted by Gasteiger charge is 2.22. The molecule has 1 amide bonds. The lowest BCUT2D eigenvalue weighted by Gasteiger charge is -2.28. The lowest BCUT2D eigenvalue weighted by atomic mass is 10.0. The van der Waals surface area contributed by atoms with Gasteiger partial charge in [-0.2, -0.15) is 0 Å². The van der Waals surface area contributed by atoms with Gasteiger partial charge in [0.1, 0.15) is 0 Å². The zero-order valence-corrected chi connectivity index (χ0v) is 12.4. The predicted molar refractivity (Wildman–Crippen MR) is 79.3 cm³/mol. The average molecular weight is 290 g/mol. The average Bonchev–Trinajstić information content (AvgIpc) is 2.46. The summed E-state index contributed by atoms with van der Waals surface area (Å²) in [7, 11) is 0. The smallest absolute Gasteiger partial charge is 0.251 e. The SMILES string of the molecule is Cc1ccc(CN2CCOCC2)cc1C(=O)NC1COC1. The summed E-state index contributed by atoms with van der Waals surface area (Å²) in [5.41, 5.74) is 2.96. The van der Waals surface area contributed by atoms with Crippen molar-refractivity contribution < 1.29 is 14.3 Å². The molecule has 21 heavy (non-hydrogen) atoms. The number of nitrogens with one attached hydrogen (secondary N) is 1. The second-order valence-corrected chi connectivity index (χ2v) is 5.75. The number of hydrogen-bond donors (Lipinski definition) is 1. The number of carbonyl (C=O) groups excluding carboxylic acids is 1. The van der Waals surface area contributed by atoms with Gasteiger partial charge in [0.25, 0.3) is 5.91 Å². The Morgan fingerprint density at radius 2 is 2.05 bits per heavy atom. The lowest BCUT2D eigenvalue weighted by molar-refractivity contribution is -0.00347. The molecule has 0 saturated carbocycles. The van der Waals surface area contributed by atoms with Gasteiger partial charge in [0.05, 0.1) is 32.5 Å². The number of benzene rings is 1. The molecule has 0 atom stereocenters. The zero-order chi connectivity index (χ0) is 14.7. The number of amides is 1. The van der Waals surface area contributed by atoms with Crippen molar-refractivity contribution in [3.05, 3.63) is 34.9 Å². The zero-order valence-electron chi connectivity index (χ0n) is 12.4. The maximum absolute atomic E-state index is 12.3. The minimum absolute atomic E-state index is 0.00428. The number of nitrogens with zero attached hydrogens (tertiary/aromatic N) is 1. The molecule has 0 spiro atoms. The molecule has 1 aromatic carbocycles. The molecule has 2 aliphatic rings. The third-order valence-electron chi connectivity index (χ3n) is 4.03. The summed E-state index contributed by atoms with van der Waals surface area (Å²) in [4.78, 5) is 14.7. The molecule has 2 aliphatic heterocycles. The Balaban J connectivity index is 1.67. The van der Waals surface area contributed by atoms with Crippen LogP contribution in [0, 0.1) is 6.92 Å². The van der Waals surface area contributed by atoms with Crippen LogP contribution in [0.2, 0.25) is 0 Å². The van der Waals surface area contributed by atoms with Gasteiger partial charge in [0.2, 0.25) is 0 Å². The minimum atomic E-state index is 0.00428. The number of morpholine rings is 1. The summed E-state index contributed by atoms with van der Waals surface area (Å²) in [5, 5.41) is 3.01. The Hall–Kier alpha value is -1.43. The van der Waals surface area contributed by atoms with E-state index in [9.17, 15) is 4.79 Å². The first-order valence-corrected chi connectivity index (χ1v) is 7.50. The standard InChI is InChI=1S/C16H22N2O3/c1-12-2-3-13(9-18-4-6-20-7-5-18)8-15(12)16(19)17-14-10-21-11-14/h2-3,8,14H,4-7,9-11H2,1H3,(H,17,19). The molecule has 2 saturated heterocycles. The summed E-state index contributed by atoms with van der Waals surface area (Å²) >= 11 is 0. The highest BCUT2D eigenvalue weighted by atomic mass is 16.5. The third-order valence-corrected chi connectivity index (χ3v) is 4.03. The molecule has 0 aliphatic carbocycles. The van der Waals surface area contributed by atoms with Crippen LogP contribution in [0.15, 0.2) is 18.2 Å². The Kier molecular flexibility index (Phi) is 4.53. The van der Waals surface area contributed by atoms with E-state index in [0.717, 1.165) is 44.0 Å². The lowest BCUT2D eigenvalue weighted by Crippen LogP contribution is -2.48. The van der Waals surface area contributed by atoms with E-state index in [2.05, 4.69) is 16.3 Å². The molecule has 0 bridgehead atoms. The summed E-state index contributed by atoms with van der Waals surface area (Å²) < 4.78 is 10.5. The number of rotatable bonds is 4. The van der Waals surface area contributed by atoms with E-state index < -0.39 is 0 Å². The van der Waals surface area contributed by atoms with Crippen LogP contribution < -0.4 is 5.32 Å². The molecule has 2 heterocycles. The van der Waals surface area contributed by atoms with E-state index in [4.69, 9.17) is 9.47 Å². The van der Waals surface area contributed by atoms with E-state index >= 15 is 0 Å². The molecule has 5 heteroatoms. The maximum atomic E-state index is 12.3. The molecule has 0 aromatic heterocycles. The molecule has 0 radical (unpaired) electrons. The minimum Gasteiger partial charge on any atom is -0.379 e. The van der Waals surface area contributed by atoms with Crippen molar-refractivity contribution in [2.24, 2.45) is 0 Å². The number of hydrogen-bond acceptors (Lipinski definition) is 4. The molecule has 5 nitrogen and oxygen atoms in total. The van der Waals surface area contributed by atoms with Gasteiger partial charge in [-0.05, 0) is 24.1 Å². The number of aryl methyl sites for hydroxylation is 1. The van der Waals surface area contributed by atoms with Crippen molar-refractivity contribution >= 4 is 5.91 Å². The van der Waals surface area contributed by atoms with Gasteiger partial charge in [-0.1, -0.05) is 12.1 Å². The quantitative estimate of drug-likeness (QED) is 0.897. The Morgan fingerprint density at radius 1 is 1.29 bits per heavy atom. The van der Waals surface area contributed by atoms with Crippen molar-refractivity contribution in [1.82, 2.24) is 10.2 Å². The van der Waals surface area contributed by atoms with E-state index in [-0.39, 0.29) is 11.9 Å². The Morgan fingerprint density at radius 3 is 2.71 bits per heavy atom. The van der Waals surface area contributed by atoms with Gasteiger partial charge in [-0.25, -0.2) is 0 Å². The monoisotopic (exact) mass is 290 g/mol. The number of ether oxygens (including phenoxy) is 2. The molecule has 2 fully saturated rings. The van der Waals surface area contributed by atoms with Crippen LogP contribution in [-0.2, 0) is 16.0 Å². The van der Waals surface area contributed by atoms with Crippen molar-refractivity contribution in [3.63, 3.8) is 0 Å². The van der Waals surface area contributed by atoms with Gasteiger partial charge >= 0.3 is 0 Å². The van der Waals surface area contributed by atoms with Crippen LogP contribution >= 0.6 is 0 Å². The van der Waals surface area contributed by atoms with Crippen LogP contribution in [0.1, 0.15) is 21.5 Å². The Bertz CT molecular complexity index is 508. The van der Waals surface area contributed by atoms with Crippen LogP contribution in [0.5, 0.6) is 0 Å². The van der Waals surface area contributed by atoms with Gasteiger partial charge < -0.3 is 14.8 Å². The van der Waals surface area contributed by atoms with Crippen LogP contribution in [0.3, 0.4) is 0 Å². The third kappa shape index (κ3) is 3.61. The fraction of sp³-hybridized carbons (Fsp3) is 0.562. The normalized spacial score (nSPS) is 20.0. The Labute approximate surface area is 125 Å². The van der Waals surface area contributed by atoms with Crippen molar-refractivity contribution in [2.45, 2.75) is 19.5 Å². The van der Waals surface area contributed by atoms with E-state index in [0.29, 0.717) is 13.2 Å². The number of carbonyl (C=O) groups is 1. The highest BCUT2D eigenvalue weighted by molar-refractivity contribution is 5.96. The summed E-state index contributed by atoms with van der Waals surface area (Å²) in [6, 6.07) is 6.31. The highest BCUT2D eigenvalue weighted by Crippen LogP contribution is 2.15. The van der Waals surface area contributed by atoms with Crippen LogP contribution in [0.4, 0.5) is 0 Å². The molecule has 1 N–H and O–H groups in total. The predicted octanol–water partition coefficient (Wildman–Crippen LogP) is 0.956. The van der Waals surface area contributed by atoms with E-state index in [1.165, 1.54) is 5.56 Å². The largest absolute Gasteiger partial charge is 0.379 e. The first-order chi connectivity index (χ1) is 10.2. The first kappa shape index (κ1) is 14.5. The molecular weight excluding hydrogens is 268 g/mol. The van der Waals surface area contributed by atoms with Crippen LogP contribution in [-0.4, -0.2) is 56.4 Å². The fourth-order valence-electron chi connectivity index (χ4n) is 2.61. The molecule has 3 rings (SSSR count). The molecule has 114 valence electrons. The summed E-state index contributed by atoms with van der Waals surface area (Å²) in [5.74, 6) is 0.00428. The van der Waals surface area contributed by atoms with Gasteiger partial charge in [-0.3, -0.25) is 9.69 Å². The first-order valence-electron chi connectivity index (χ1n) is 7.50. The van der Waals surface area contributed by atoms with Gasteiger partial charge in [0.15, 0.2) is 0 Å². The summed E-state index contributed by atoms with van der Waals surface area (Å²) in [6.45, 7) is 7.59. The topological polar surface area (TPSA) is 50.8 Å². The molecule has 1 aromatic rings. The maximum Gasteiger partial charge on any atom is 0.251 e. The van der Waals surface area contributed by atoms with Crippen LogP contribution in [0.25, 0.3) is 0 Å². The summed E-state index contributed by atoms with van der Waals surface area (Å²) in [6.07, 6.45) is 0.